The van der Waals surface area contributed by atoms with E-state index in [2.05, 4.69) is 46.3 Å². The zero-order valence-corrected chi connectivity index (χ0v) is 13.3. The van der Waals surface area contributed by atoms with Crippen LogP contribution in [0.1, 0.15) is 5.56 Å². The summed E-state index contributed by atoms with van der Waals surface area (Å²) in [5.74, 6) is 1.47. The van der Waals surface area contributed by atoms with E-state index in [1.807, 2.05) is 30.3 Å². The van der Waals surface area contributed by atoms with Crippen molar-refractivity contribution in [3.05, 3.63) is 70.7 Å². The monoisotopic (exact) mass is 342 g/mol. The highest BCUT2D eigenvalue weighted by Crippen LogP contribution is 2.31. The van der Waals surface area contributed by atoms with Crippen LogP contribution >= 0.6 is 15.9 Å². The lowest BCUT2D eigenvalue weighted by atomic mass is 10.1. The molecule has 0 aliphatic rings. The van der Waals surface area contributed by atoms with E-state index in [4.69, 9.17) is 9.47 Å². The Morgan fingerprint density at radius 1 is 0.857 bits per heavy atom. The van der Waals surface area contributed by atoms with Gasteiger partial charge in [-0.25, -0.2) is 0 Å². The highest BCUT2D eigenvalue weighted by atomic mass is 79.9. The Labute approximate surface area is 132 Å². The molecule has 0 fully saturated rings. The van der Waals surface area contributed by atoms with Crippen LogP contribution in [-0.2, 0) is 6.61 Å². The lowest BCUT2D eigenvalue weighted by Crippen LogP contribution is -1.97. The second-order valence-corrected chi connectivity index (χ2v) is 5.68. The summed E-state index contributed by atoms with van der Waals surface area (Å²) in [4.78, 5) is 0. The van der Waals surface area contributed by atoms with Gasteiger partial charge >= 0.3 is 0 Å². The maximum absolute atomic E-state index is 5.87. The van der Waals surface area contributed by atoms with Crippen molar-refractivity contribution in [1.82, 2.24) is 0 Å². The van der Waals surface area contributed by atoms with E-state index in [0.29, 0.717) is 6.61 Å². The number of benzene rings is 3. The summed E-state index contributed by atoms with van der Waals surface area (Å²) in [7, 11) is 1.64. The van der Waals surface area contributed by atoms with Gasteiger partial charge in [0.05, 0.1) is 7.11 Å². The molecule has 0 bridgehead atoms. The molecule has 0 atom stereocenters. The standard InChI is InChI=1S/C18H15BrO2/c1-20-18-11-16(19)8-9-17(18)21-12-13-6-7-14-4-2-3-5-15(14)10-13/h2-11H,12H2,1H3. The third-order valence-corrected chi connectivity index (χ3v) is 3.83. The van der Waals surface area contributed by atoms with Crippen LogP contribution in [0.25, 0.3) is 10.8 Å². The van der Waals surface area contributed by atoms with Crippen LogP contribution in [0.2, 0.25) is 0 Å². The summed E-state index contributed by atoms with van der Waals surface area (Å²) >= 11 is 3.42. The largest absolute Gasteiger partial charge is 0.493 e. The van der Waals surface area contributed by atoms with Crippen molar-refractivity contribution in [2.24, 2.45) is 0 Å². The molecule has 106 valence electrons. The van der Waals surface area contributed by atoms with Gasteiger partial charge in [0.15, 0.2) is 11.5 Å². The normalized spacial score (nSPS) is 10.6. The van der Waals surface area contributed by atoms with Crippen molar-refractivity contribution in [3.63, 3.8) is 0 Å². The summed E-state index contributed by atoms with van der Waals surface area (Å²) in [5, 5.41) is 2.46. The molecule has 0 saturated heterocycles. The molecule has 3 aromatic carbocycles. The minimum absolute atomic E-state index is 0.517. The fraction of sp³-hybridized carbons (Fsp3) is 0.111. The van der Waals surface area contributed by atoms with Crippen molar-refractivity contribution in [2.75, 3.05) is 7.11 Å². The molecular weight excluding hydrogens is 328 g/mol. The lowest BCUT2D eigenvalue weighted by molar-refractivity contribution is 0.284. The number of hydrogen-bond donors (Lipinski definition) is 0. The summed E-state index contributed by atoms with van der Waals surface area (Å²) in [6, 6.07) is 20.4. The van der Waals surface area contributed by atoms with E-state index in [-0.39, 0.29) is 0 Å². The fourth-order valence-electron chi connectivity index (χ4n) is 2.25. The summed E-state index contributed by atoms with van der Waals surface area (Å²) in [6.07, 6.45) is 0. The Bertz CT molecular complexity index is 768. The van der Waals surface area contributed by atoms with Crippen LogP contribution in [0.4, 0.5) is 0 Å². The maximum atomic E-state index is 5.87. The molecule has 0 saturated carbocycles. The van der Waals surface area contributed by atoms with E-state index < -0.39 is 0 Å². The molecule has 0 N–H and O–H groups in total. The van der Waals surface area contributed by atoms with E-state index >= 15 is 0 Å². The second kappa shape index (κ2) is 6.19. The summed E-state index contributed by atoms with van der Waals surface area (Å²) < 4.78 is 12.2. The lowest BCUT2D eigenvalue weighted by Gasteiger charge is -2.11. The third-order valence-electron chi connectivity index (χ3n) is 3.33. The summed E-state index contributed by atoms with van der Waals surface area (Å²) in [6.45, 7) is 0.517. The van der Waals surface area contributed by atoms with E-state index in [1.54, 1.807) is 7.11 Å². The predicted molar refractivity (Wildman–Crippen MR) is 89.0 cm³/mol. The highest BCUT2D eigenvalue weighted by Gasteiger charge is 2.05. The number of halogens is 1. The molecule has 3 rings (SSSR count). The van der Waals surface area contributed by atoms with Gasteiger partial charge in [-0.3, -0.25) is 0 Å². The van der Waals surface area contributed by atoms with Crippen LogP contribution in [0.3, 0.4) is 0 Å². The molecular formula is C18H15BrO2. The molecule has 2 nitrogen and oxygen atoms in total. The molecule has 21 heavy (non-hydrogen) atoms. The zero-order valence-electron chi connectivity index (χ0n) is 11.7. The smallest absolute Gasteiger partial charge is 0.161 e. The third kappa shape index (κ3) is 3.19. The first kappa shape index (κ1) is 14.0. The minimum Gasteiger partial charge on any atom is -0.493 e. The average molecular weight is 343 g/mol. The average Bonchev–Trinajstić information content (AvgIpc) is 2.53. The van der Waals surface area contributed by atoms with Gasteiger partial charge in [-0.05, 0) is 40.6 Å². The quantitative estimate of drug-likeness (QED) is 0.649. The van der Waals surface area contributed by atoms with E-state index in [1.165, 1.54) is 10.8 Å². The molecule has 0 aliphatic carbocycles. The number of hydrogen-bond acceptors (Lipinski definition) is 2. The van der Waals surface area contributed by atoms with Gasteiger partial charge in [-0.1, -0.05) is 52.3 Å². The van der Waals surface area contributed by atoms with Gasteiger partial charge in [0.1, 0.15) is 6.61 Å². The zero-order chi connectivity index (χ0) is 14.7. The molecule has 0 aromatic heterocycles. The van der Waals surface area contributed by atoms with Crippen LogP contribution in [0.15, 0.2) is 65.1 Å². The van der Waals surface area contributed by atoms with Gasteiger partial charge in [0.25, 0.3) is 0 Å². The first-order chi connectivity index (χ1) is 10.3. The first-order valence-electron chi connectivity index (χ1n) is 6.70. The van der Waals surface area contributed by atoms with Gasteiger partial charge in [-0.15, -0.1) is 0 Å². The van der Waals surface area contributed by atoms with Gasteiger partial charge in [0.2, 0.25) is 0 Å². The Morgan fingerprint density at radius 3 is 2.48 bits per heavy atom. The van der Waals surface area contributed by atoms with E-state index in [0.717, 1.165) is 21.5 Å². The number of ether oxygens (including phenoxy) is 2. The molecule has 3 heteroatoms. The molecule has 0 unspecified atom stereocenters. The Kier molecular flexibility index (Phi) is 4.11. The molecule has 3 aromatic rings. The molecule has 0 heterocycles. The SMILES string of the molecule is COc1cc(Br)ccc1OCc1ccc2ccccc2c1. The van der Waals surface area contributed by atoms with Crippen LogP contribution in [0.5, 0.6) is 11.5 Å². The number of fused-ring (bicyclic) bond motifs is 1. The van der Waals surface area contributed by atoms with Gasteiger partial charge in [-0.2, -0.15) is 0 Å². The predicted octanol–water partition coefficient (Wildman–Crippen LogP) is 5.19. The number of rotatable bonds is 4. The molecule has 0 radical (unpaired) electrons. The molecule has 0 aliphatic heterocycles. The van der Waals surface area contributed by atoms with Crippen LogP contribution in [0, 0.1) is 0 Å². The van der Waals surface area contributed by atoms with Crippen LogP contribution in [-0.4, -0.2) is 7.11 Å². The maximum Gasteiger partial charge on any atom is 0.161 e. The topological polar surface area (TPSA) is 18.5 Å². The van der Waals surface area contributed by atoms with E-state index in [9.17, 15) is 0 Å². The van der Waals surface area contributed by atoms with Crippen molar-refractivity contribution in [1.29, 1.82) is 0 Å². The molecule has 0 amide bonds. The van der Waals surface area contributed by atoms with Gasteiger partial charge < -0.3 is 9.47 Å². The fourth-order valence-corrected chi connectivity index (χ4v) is 2.59. The molecule has 0 spiro atoms. The Morgan fingerprint density at radius 2 is 1.67 bits per heavy atom. The minimum atomic E-state index is 0.517. The van der Waals surface area contributed by atoms with Crippen molar-refractivity contribution < 1.29 is 9.47 Å². The highest BCUT2D eigenvalue weighted by molar-refractivity contribution is 9.10. The van der Waals surface area contributed by atoms with Crippen LogP contribution < -0.4 is 9.47 Å². The second-order valence-electron chi connectivity index (χ2n) is 4.77. The number of methoxy groups -OCH3 is 1. The van der Waals surface area contributed by atoms with Crippen molar-refractivity contribution in [2.45, 2.75) is 6.61 Å². The summed E-state index contributed by atoms with van der Waals surface area (Å²) in [5.41, 5.74) is 1.14. The van der Waals surface area contributed by atoms with Crippen molar-refractivity contribution >= 4 is 26.7 Å². The van der Waals surface area contributed by atoms with Gasteiger partial charge in [0, 0.05) is 4.47 Å². The Balaban J connectivity index is 1.80. The van der Waals surface area contributed by atoms with Crippen molar-refractivity contribution in [3.8, 4) is 11.5 Å². The Hall–Kier alpha value is -2.00. The first-order valence-corrected chi connectivity index (χ1v) is 7.49.